The van der Waals surface area contributed by atoms with Gasteiger partial charge in [0.25, 0.3) is 0 Å². The summed E-state index contributed by atoms with van der Waals surface area (Å²) in [4.78, 5) is 11.7. The molecule has 106 valence electrons. The molecule has 1 saturated heterocycles. The van der Waals surface area contributed by atoms with Crippen molar-refractivity contribution in [2.75, 3.05) is 0 Å². The molecule has 1 aromatic heterocycles. The van der Waals surface area contributed by atoms with Crippen LogP contribution in [0.4, 0.5) is 0 Å². The summed E-state index contributed by atoms with van der Waals surface area (Å²) in [6.07, 6.45) is 6.77. The number of piperidine rings is 1. The van der Waals surface area contributed by atoms with E-state index in [1.165, 1.54) is 5.56 Å². The molecule has 19 heavy (non-hydrogen) atoms. The van der Waals surface area contributed by atoms with E-state index in [0.29, 0.717) is 12.0 Å². The van der Waals surface area contributed by atoms with E-state index in [1.54, 1.807) is 4.68 Å². The van der Waals surface area contributed by atoms with Gasteiger partial charge in [0, 0.05) is 25.3 Å². The Hall–Kier alpha value is -1.36. The minimum absolute atomic E-state index is 0.0622. The van der Waals surface area contributed by atoms with Crippen LogP contribution in [-0.2, 0) is 18.3 Å². The van der Waals surface area contributed by atoms with Crippen molar-refractivity contribution in [3.05, 3.63) is 18.0 Å². The number of primary amides is 1. The van der Waals surface area contributed by atoms with Crippen LogP contribution < -0.4 is 11.1 Å². The van der Waals surface area contributed by atoms with Crippen LogP contribution in [0, 0.1) is 11.8 Å². The molecule has 4 unspecified atom stereocenters. The third kappa shape index (κ3) is 3.35. The Balaban J connectivity index is 2.00. The van der Waals surface area contributed by atoms with E-state index in [0.717, 1.165) is 19.3 Å². The zero-order valence-corrected chi connectivity index (χ0v) is 12.0. The second kappa shape index (κ2) is 5.74. The molecule has 1 aromatic rings. The van der Waals surface area contributed by atoms with Gasteiger partial charge in [0.2, 0.25) is 5.91 Å². The zero-order valence-electron chi connectivity index (χ0n) is 12.0. The maximum atomic E-state index is 11.7. The van der Waals surface area contributed by atoms with Gasteiger partial charge in [-0.25, -0.2) is 0 Å². The Labute approximate surface area is 114 Å². The number of hydrogen-bond acceptors (Lipinski definition) is 3. The molecule has 2 heterocycles. The van der Waals surface area contributed by atoms with Gasteiger partial charge in [-0.15, -0.1) is 0 Å². The summed E-state index contributed by atoms with van der Waals surface area (Å²) in [7, 11) is 1.92. The second-order valence-corrected chi connectivity index (χ2v) is 5.88. The predicted molar refractivity (Wildman–Crippen MR) is 74.4 cm³/mol. The Bertz CT molecular complexity index is 442. The lowest BCUT2D eigenvalue weighted by molar-refractivity contribution is -0.125. The first kappa shape index (κ1) is 14.1. The molecule has 4 atom stereocenters. The standard InChI is InChI=1S/C14H24N4O/c1-9-6-10(2)17-12(13(9)14(15)19)5-4-11-7-16-18(3)8-11/h7-10,12-13,17H,4-6H2,1-3H3,(H2,15,19). The first-order valence-electron chi connectivity index (χ1n) is 7.00. The van der Waals surface area contributed by atoms with Crippen molar-refractivity contribution in [2.24, 2.45) is 24.6 Å². The molecule has 2 rings (SSSR count). The number of amides is 1. The number of carbonyl (C=O) groups excluding carboxylic acids is 1. The minimum Gasteiger partial charge on any atom is -0.369 e. The van der Waals surface area contributed by atoms with Gasteiger partial charge in [-0.2, -0.15) is 5.10 Å². The average Bonchev–Trinajstić information content (AvgIpc) is 2.71. The third-order valence-corrected chi connectivity index (χ3v) is 4.10. The van der Waals surface area contributed by atoms with Gasteiger partial charge in [0.1, 0.15) is 0 Å². The minimum atomic E-state index is -0.178. The molecular weight excluding hydrogens is 240 g/mol. The van der Waals surface area contributed by atoms with Crippen LogP contribution in [0.5, 0.6) is 0 Å². The van der Waals surface area contributed by atoms with E-state index in [1.807, 2.05) is 19.4 Å². The Morgan fingerprint density at radius 2 is 2.32 bits per heavy atom. The molecule has 0 spiro atoms. The quantitative estimate of drug-likeness (QED) is 0.846. The second-order valence-electron chi connectivity index (χ2n) is 5.88. The molecule has 3 N–H and O–H groups in total. The van der Waals surface area contributed by atoms with Crippen LogP contribution in [0.1, 0.15) is 32.3 Å². The molecule has 1 aliphatic heterocycles. The summed E-state index contributed by atoms with van der Waals surface area (Å²) in [6.45, 7) is 4.30. The van der Waals surface area contributed by atoms with Crippen molar-refractivity contribution >= 4 is 5.91 Å². The van der Waals surface area contributed by atoms with Crippen molar-refractivity contribution in [2.45, 2.75) is 45.2 Å². The Kier molecular flexibility index (Phi) is 4.24. The average molecular weight is 264 g/mol. The number of hydrogen-bond donors (Lipinski definition) is 2. The van der Waals surface area contributed by atoms with Crippen LogP contribution in [0.3, 0.4) is 0 Å². The molecule has 0 aliphatic carbocycles. The number of carbonyl (C=O) groups is 1. The van der Waals surface area contributed by atoms with E-state index in [4.69, 9.17) is 5.73 Å². The number of rotatable bonds is 4. The molecular formula is C14H24N4O. The van der Waals surface area contributed by atoms with Crippen molar-refractivity contribution in [3.63, 3.8) is 0 Å². The lowest BCUT2D eigenvalue weighted by Crippen LogP contribution is -2.54. The fourth-order valence-corrected chi connectivity index (χ4v) is 3.30. The van der Waals surface area contributed by atoms with Crippen LogP contribution in [0.2, 0.25) is 0 Å². The van der Waals surface area contributed by atoms with Gasteiger partial charge in [0.15, 0.2) is 0 Å². The Morgan fingerprint density at radius 1 is 1.58 bits per heavy atom. The van der Waals surface area contributed by atoms with E-state index >= 15 is 0 Å². The predicted octanol–water partition coefficient (Wildman–Crippen LogP) is 0.841. The van der Waals surface area contributed by atoms with Gasteiger partial charge < -0.3 is 11.1 Å². The van der Waals surface area contributed by atoms with Gasteiger partial charge in [0.05, 0.1) is 12.1 Å². The SMILES string of the molecule is CC1CC(C)C(C(N)=O)C(CCc2cnn(C)c2)N1. The highest BCUT2D eigenvalue weighted by Crippen LogP contribution is 2.28. The smallest absolute Gasteiger partial charge is 0.222 e. The Morgan fingerprint density at radius 3 is 2.89 bits per heavy atom. The molecule has 0 radical (unpaired) electrons. The molecule has 1 aliphatic rings. The molecule has 5 nitrogen and oxygen atoms in total. The zero-order chi connectivity index (χ0) is 14.0. The van der Waals surface area contributed by atoms with Gasteiger partial charge in [-0.1, -0.05) is 6.92 Å². The number of nitrogens with one attached hydrogen (secondary N) is 1. The largest absolute Gasteiger partial charge is 0.369 e. The van der Waals surface area contributed by atoms with Crippen LogP contribution in [0.25, 0.3) is 0 Å². The van der Waals surface area contributed by atoms with Crippen LogP contribution >= 0.6 is 0 Å². The lowest BCUT2D eigenvalue weighted by atomic mass is 9.77. The summed E-state index contributed by atoms with van der Waals surface area (Å²) >= 11 is 0. The number of aromatic nitrogens is 2. The third-order valence-electron chi connectivity index (χ3n) is 4.10. The van der Waals surface area contributed by atoms with Crippen LogP contribution in [-0.4, -0.2) is 27.8 Å². The molecule has 0 aromatic carbocycles. The summed E-state index contributed by atoms with van der Waals surface area (Å²) in [5.41, 5.74) is 6.78. The first-order chi connectivity index (χ1) is 8.97. The molecule has 1 amide bonds. The van der Waals surface area contributed by atoms with E-state index in [2.05, 4.69) is 24.3 Å². The monoisotopic (exact) mass is 264 g/mol. The maximum absolute atomic E-state index is 11.7. The van der Waals surface area contributed by atoms with Gasteiger partial charge >= 0.3 is 0 Å². The van der Waals surface area contributed by atoms with Crippen LogP contribution in [0.15, 0.2) is 12.4 Å². The van der Waals surface area contributed by atoms with E-state index in [9.17, 15) is 4.79 Å². The summed E-state index contributed by atoms with van der Waals surface area (Å²) < 4.78 is 1.81. The van der Waals surface area contributed by atoms with E-state index < -0.39 is 0 Å². The number of nitrogens with two attached hydrogens (primary N) is 1. The molecule has 5 heteroatoms. The highest BCUT2D eigenvalue weighted by atomic mass is 16.1. The summed E-state index contributed by atoms with van der Waals surface area (Å²) in [6, 6.07) is 0.626. The fourth-order valence-electron chi connectivity index (χ4n) is 3.30. The molecule has 1 fully saturated rings. The van der Waals surface area contributed by atoms with Crippen molar-refractivity contribution < 1.29 is 4.79 Å². The maximum Gasteiger partial charge on any atom is 0.222 e. The number of aryl methyl sites for hydroxylation is 2. The van der Waals surface area contributed by atoms with Gasteiger partial charge in [-0.3, -0.25) is 9.48 Å². The van der Waals surface area contributed by atoms with Crippen molar-refractivity contribution in [1.29, 1.82) is 0 Å². The van der Waals surface area contributed by atoms with Crippen molar-refractivity contribution in [1.82, 2.24) is 15.1 Å². The molecule has 0 saturated carbocycles. The highest BCUT2D eigenvalue weighted by molar-refractivity contribution is 5.78. The summed E-state index contributed by atoms with van der Waals surface area (Å²) in [5.74, 6) is 0.114. The normalized spacial score (nSPS) is 31.3. The fraction of sp³-hybridized carbons (Fsp3) is 0.714. The van der Waals surface area contributed by atoms with E-state index in [-0.39, 0.29) is 17.9 Å². The number of nitrogens with zero attached hydrogens (tertiary/aromatic N) is 2. The summed E-state index contributed by atoms with van der Waals surface area (Å²) in [5, 5.41) is 7.70. The molecule has 0 bridgehead atoms. The highest BCUT2D eigenvalue weighted by Gasteiger charge is 2.36. The first-order valence-corrected chi connectivity index (χ1v) is 7.00. The van der Waals surface area contributed by atoms with Gasteiger partial charge in [-0.05, 0) is 37.7 Å². The van der Waals surface area contributed by atoms with Crippen molar-refractivity contribution in [3.8, 4) is 0 Å². The topological polar surface area (TPSA) is 72.9 Å². The lowest BCUT2D eigenvalue weighted by Gasteiger charge is -2.39.